The number of methoxy groups -OCH3 is 1. The van der Waals surface area contributed by atoms with Gasteiger partial charge in [0, 0.05) is 5.69 Å². The van der Waals surface area contributed by atoms with Crippen molar-refractivity contribution < 1.29 is 13.9 Å². The Morgan fingerprint density at radius 2 is 1.91 bits per heavy atom. The highest BCUT2D eigenvalue weighted by atomic mass is 19.1. The van der Waals surface area contributed by atoms with Crippen LogP contribution in [-0.2, 0) is 4.79 Å². The molecule has 4 nitrogen and oxygen atoms in total. The predicted molar refractivity (Wildman–Crippen MR) is 86.0 cm³/mol. The maximum absolute atomic E-state index is 13.0. The second-order valence-electron chi connectivity index (χ2n) is 5.06. The SMILES string of the molecule is COc1ccc(C)cc1NC(=O)CNc1ccc(F)cc1C. The van der Waals surface area contributed by atoms with Crippen molar-refractivity contribution in [3.05, 3.63) is 53.3 Å². The smallest absolute Gasteiger partial charge is 0.243 e. The van der Waals surface area contributed by atoms with Gasteiger partial charge in [-0.3, -0.25) is 4.79 Å². The van der Waals surface area contributed by atoms with E-state index in [1.807, 2.05) is 25.1 Å². The molecule has 0 aromatic heterocycles. The number of aryl methyl sites for hydroxylation is 2. The Hall–Kier alpha value is -2.56. The van der Waals surface area contributed by atoms with Gasteiger partial charge in [0.1, 0.15) is 11.6 Å². The number of hydrogen-bond acceptors (Lipinski definition) is 3. The van der Waals surface area contributed by atoms with Gasteiger partial charge in [-0.2, -0.15) is 0 Å². The minimum atomic E-state index is -0.294. The summed E-state index contributed by atoms with van der Waals surface area (Å²) in [5.74, 6) is 0.113. The van der Waals surface area contributed by atoms with Crippen molar-refractivity contribution in [2.75, 3.05) is 24.3 Å². The quantitative estimate of drug-likeness (QED) is 0.888. The lowest BCUT2D eigenvalue weighted by molar-refractivity contribution is -0.114. The van der Waals surface area contributed by atoms with Crippen LogP contribution in [0.4, 0.5) is 15.8 Å². The van der Waals surface area contributed by atoms with Gasteiger partial charge in [-0.05, 0) is 55.3 Å². The van der Waals surface area contributed by atoms with E-state index >= 15 is 0 Å². The second kappa shape index (κ2) is 6.93. The van der Waals surface area contributed by atoms with Crippen molar-refractivity contribution in [2.24, 2.45) is 0 Å². The first-order valence-corrected chi connectivity index (χ1v) is 6.94. The van der Waals surface area contributed by atoms with Crippen LogP contribution in [0.5, 0.6) is 5.75 Å². The molecule has 0 saturated heterocycles. The Labute approximate surface area is 129 Å². The maximum atomic E-state index is 13.0. The van der Waals surface area contributed by atoms with E-state index in [-0.39, 0.29) is 18.3 Å². The van der Waals surface area contributed by atoms with E-state index in [2.05, 4.69) is 10.6 Å². The number of halogens is 1. The molecule has 0 aliphatic carbocycles. The molecule has 2 aromatic carbocycles. The van der Waals surface area contributed by atoms with Gasteiger partial charge in [-0.25, -0.2) is 4.39 Å². The van der Waals surface area contributed by atoms with Gasteiger partial charge in [-0.1, -0.05) is 6.07 Å². The average Bonchev–Trinajstić information content (AvgIpc) is 2.46. The van der Waals surface area contributed by atoms with Gasteiger partial charge < -0.3 is 15.4 Å². The molecule has 0 spiro atoms. The lowest BCUT2D eigenvalue weighted by atomic mass is 10.2. The highest BCUT2D eigenvalue weighted by molar-refractivity contribution is 5.95. The molecule has 116 valence electrons. The third kappa shape index (κ3) is 3.97. The molecule has 2 aromatic rings. The number of rotatable bonds is 5. The number of benzene rings is 2. The number of ether oxygens (including phenoxy) is 1. The Morgan fingerprint density at radius 3 is 2.59 bits per heavy atom. The zero-order valence-corrected chi connectivity index (χ0v) is 12.9. The third-order valence-corrected chi connectivity index (χ3v) is 3.26. The Bertz CT molecular complexity index is 686. The molecule has 22 heavy (non-hydrogen) atoms. The van der Waals surface area contributed by atoms with Crippen LogP contribution in [0.1, 0.15) is 11.1 Å². The summed E-state index contributed by atoms with van der Waals surface area (Å²) in [4.78, 5) is 12.0. The van der Waals surface area contributed by atoms with Crippen molar-refractivity contribution in [1.82, 2.24) is 0 Å². The molecule has 0 bridgehead atoms. The van der Waals surface area contributed by atoms with Crippen molar-refractivity contribution in [3.63, 3.8) is 0 Å². The minimum Gasteiger partial charge on any atom is -0.495 e. The fraction of sp³-hybridized carbons (Fsp3) is 0.235. The molecule has 0 aliphatic heterocycles. The summed E-state index contributed by atoms with van der Waals surface area (Å²) in [6.45, 7) is 3.81. The van der Waals surface area contributed by atoms with Crippen LogP contribution in [0, 0.1) is 19.7 Å². The lowest BCUT2D eigenvalue weighted by Gasteiger charge is -2.13. The molecule has 0 heterocycles. The van der Waals surface area contributed by atoms with Crippen LogP contribution in [0.3, 0.4) is 0 Å². The van der Waals surface area contributed by atoms with E-state index in [1.54, 1.807) is 20.1 Å². The zero-order valence-electron chi connectivity index (χ0n) is 12.9. The van der Waals surface area contributed by atoms with Gasteiger partial charge >= 0.3 is 0 Å². The fourth-order valence-electron chi connectivity index (χ4n) is 2.11. The summed E-state index contributed by atoms with van der Waals surface area (Å²) in [5, 5.41) is 5.80. The average molecular weight is 302 g/mol. The molecule has 0 radical (unpaired) electrons. The van der Waals surface area contributed by atoms with Crippen LogP contribution < -0.4 is 15.4 Å². The third-order valence-electron chi connectivity index (χ3n) is 3.26. The maximum Gasteiger partial charge on any atom is 0.243 e. The number of carbonyl (C=O) groups excluding carboxylic acids is 1. The van der Waals surface area contributed by atoms with Crippen LogP contribution in [0.25, 0.3) is 0 Å². The molecule has 0 fully saturated rings. The van der Waals surface area contributed by atoms with Crippen LogP contribution >= 0.6 is 0 Å². The molecule has 2 rings (SSSR count). The standard InChI is InChI=1S/C17H19FN2O2/c1-11-4-7-16(22-3)15(8-11)20-17(21)10-19-14-6-5-13(18)9-12(14)2/h4-9,19H,10H2,1-3H3,(H,20,21). The second-order valence-corrected chi connectivity index (χ2v) is 5.06. The molecule has 0 atom stereocenters. The summed E-state index contributed by atoms with van der Waals surface area (Å²) >= 11 is 0. The van der Waals surface area contributed by atoms with E-state index in [9.17, 15) is 9.18 Å². The largest absolute Gasteiger partial charge is 0.495 e. The minimum absolute atomic E-state index is 0.0869. The van der Waals surface area contributed by atoms with E-state index < -0.39 is 0 Å². The molecular formula is C17H19FN2O2. The Kier molecular flexibility index (Phi) is 4.99. The van der Waals surface area contributed by atoms with Gasteiger partial charge in [0.25, 0.3) is 0 Å². The van der Waals surface area contributed by atoms with Crippen LogP contribution in [-0.4, -0.2) is 19.6 Å². The van der Waals surface area contributed by atoms with E-state index in [1.165, 1.54) is 12.1 Å². The number of amides is 1. The number of hydrogen-bond donors (Lipinski definition) is 2. The number of anilines is 2. The predicted octanol–water partition coefficient (Wildman–Crippen LogP) is 3.50. The van der Waals surface area contributed by atoms with Crippen LogP contribution in [0.15, 0.2) is 36.4 Å². The summed E-state index contributed by atoms with van der Waals surface area (Å²) in [6.07, 6.45) is 0. The zero-order chi connectivity index (χ0) is 16.1. The van der Waals surface area contributed by atoms with Crippen molar-refractivity contribution in [1.29, 1.82) is 0 Å². The number of nitrogens with one attached hydrogen (secondary N) is 2. The lowest BCUT2D eigenvalue weighted by Crippen LogP contribution is -2.22. The van der Waals surface area contributed by atoms with Crippen LogP contribution in [0.2, 0.25) is 0 Å². The summed E-state index contributed by atoms with van der Waals surface area (Å²) in [6, 6.07) is 9.96. The van der Waals surface area contributed by atoms with E-state index in [0.29, 0.717) is 11.4 Å². The van der Waals surface area contributed by atoms with Gasteiger partial charge in [0.05, 0.1) is 19.3 Å². The van der Waals surface area contributed by atoms with Gasteiger partial charge in [0.2, 0.25) is 5.91 Å². The van der Waals surface area contributed by atoms with E-state index in [4.69, 9.17) is 4.74 Å². The Balaban J connectivity index is 2.00. The van der Waals surface area contributed by atoms with Crippen molar-refractivity contribution in [3.8, 4) is 5.75 Å². The highest BCUT2D eigenvalue weighted by Crippen LogP contribution is 2.25. The van der Waals surface area contributed by atoms with Gasteiger partial charge in [-0.15, -0.1) is 0 Å². The number of carbonyl (C=O) groups is 1. The Morgan fingerprint density at radius 1 is 1.14 bits per heavy atom. The molecule has 0 unspecified atom stereocenters. The molecule has 1 amide bonds. The van der Waals surface area contributed by atoms with Crippen molar-refractivity contribution >= 4 is 17.3 Å². The molecular weight excluding hydrogens is 283 g/mol. The first kappa shape index (κ1) is 15.8. The van der Waals surface area contributed by atoms with E-state index in [0.717, 1.165) is 16.8 Å². The summed E-state index contributed by atoms with van der Waals surface area (Å²) in [5.41, 5.74) is 3.14. The van der Waals surface area contributed by atoms with Gasteiger partial charge in [0.15, 0.2) is 0 Å². The summed E-state index contributed by atoms with van der Waals surface area (Å²) in [7, 11) is 1.56. The monoisotopic (exact) mass is 302 g/mol. The summed E-state index contributed by atoms with van der Waals surface area (Å²) < 4.78 is 18.3. The molecule has 2 N–H and O–H groups in total. The normalized spacial score (nSPS) is 10.2. The van der Waals surface area contributed by atoms with Crippen molar-refractivity contribution in [2.45, 2.75) is 13.8 Å². The molecule has 0 saturated carbocycles. The topological polar surface area (TPSA) is 50.4 Å². The fourth-order valence-corrected chi connectivity index (χ4v) is 2.11. The molecule has 5 heteroatoms. The first-order valence-electron chi connectivity index (χ1n) is 6.94. The highest BCUT2D eigenvalue weighted by Gasteiger charge is 2.08. The first-order chi connectivity index (χ1) is 10.5. The molecule has 0 aliphatic rings.